The van der Waals surface area contributed by atoms with Gasteiger partial charge in [-0.2, -0.15) is 0 Å². The molecule has 0 aliphatic heterocycles. The van der Waals surface area contributed by atoms with E-state index in [2.05, 4.69) is 168 Å². The van der Waals surface area contributed by atoms with E-state index in [1.165, 1.54) is 97.6 Å². The predicted octanol–water partition coefficient (Wildman–Crippen LogP) is 13.5. The molecule has 0 aromatic heterocycles. The second-order valence-corrected chi connectivity index (χ2v) is 20.1. The minimum absolute atomic E-state index is 0.232. The minimum Gasteiger partial charge on any atom is -0.489 e. The third-order valence-electron chi connectivity index (χ3n) is 11.3. The van der Waals surface area contributed by atoms with Crippen molar-refractivity contribution < 1.29 is 4.74 Å². The van der Waals surface area contributed by atoms with E-state index in [-0.39, 0.29) is 5.54 Å². The molecule has 0 spiro atoms. The van der Waals surface area contributed by atoms with E-state index in [0.29, 0.717) is 6.61 Å². The van der Waals surface area contributed by atoms with Crippen molar-refractivity contribution >= 4 is 13.3 Å². The maximum Gasteiger partial charge on any atom is 0.126 e. The summed E-state index contributed by atoms with van der Waals surface area (Å²) in [5.74, 6) is 1.01. The number of benzene rings is 6. The highest BCUT2D eigenvalue weighted by molar-refractivity contribution is 6.92. The van der Waals surface area contributed by atoms with Gasteiger partial charge >= 0.3 is 0 Å². The Balaban J connectivity index is 1.43. The Bertz CT molecular complexity index is 2130. The molecule has 268 valence electrons. The van der Waals surface area contributed by atoms with Crippen LogP contribution in [0.3, 0.4) is 0 Å². The van der Waals surface area contributed by atoms with Crippen molar-refractivity contribution in [2.24, 2.45) is 0 Å². The molecule has 0 fully saturated rings. The first-order valence-electron chi connectivity index (χ1n) is 19.7. The number of hydrogen-bond acceptors (Lipinski definition) is 1. The molecule has 7 rings (SSSR count). The SMILES string of the molecule is C=CCOc1c(-c2ccccc2)cc(C)cc1[Si](C)(C)C1c2cc(-c3cccc(CCCC)c3)ccc2-c2ccc(-c3cccc(CCCC)c3)cc21. The van der Waals surface area contributed by atoms with Crippen LogP contribution in [0.5, 0.6) is 5.75 Å². The predicted molar refractivity (Wildman–Crippen MR) is 231 cm³/mol. The van der Waals surface area contributed by atoms with Crippen molar-refractivity contribution in [3.05, 3.63) is 168 Å². The Labute approximate surface area is 319 Å². The standard InChI is InChI=1S/C51H54OSi/c1-7-10-17-37-19-15-23-40(32-37)42-25-27-44-45-28-26-43(41-24-16-20-38(33-41)18-11-8-2)35-48(45)51(47(44)34-42)53(5,6)49-31-36(4)30-46(50(49)52-29-9-3)39-21-13-12-14-22-39/h9,12-16,19-28,30-35,51H,3,7-8,10-11,17-18,29H2,1-2,4-6H3. The lowest BCUT2D eigenvalue weighted by atomic mass is 9.96. The average Bonchev–Trinajstić information content (AvgIpc) is 3.52. The number of fused-ring (bicyclic) bond motifs is 3. The van der Waals surface area contributed by atoms with E-state index in [4.69, 9.17) is 4.74 Å². The van der Waals surface area contributed by atoms with Crippen molar-refractivity contribution in [1.82, 2.24) is 0 Å². The van der Waals surface area contributed by atoms with Gasteiger partial charge in [0.1, 0.15) is 12.4 Å². The molecule has 0 bridgehead atoms. The molecule has 6 aromatic carbocycles. The Kier molecular flexibility index (Phi) is 11.0. The lowest BCUT2D eigenvalue weighted by Gasteiger charge is -2.34. The molecule has 0 N–H and O–H groups in total. The molecule has 0 heterocycles. The van der Waals surface area contributed by atoms with Gasteiger partial charge in [-0.05, 0) is 105 Å². The van der Waals surface area contributed by atoms with E-state index < -0.39 is 8.07 Å². The van der Waals surface area contributed by atoms with Gasteiger partial charge in [0.2, 0.25) is 0 Å². The first-order valence-corrected chi connectivity index (χ1v) is 22.8. The largest absolute Gasteiger partial charge is 0.489 e. The topological polar surface area (TPSA) is 9.23 Å². The molecular weight excluding hydrogens is 657 g/mol. The molecule has 2 heteroatoms. The molecule has 6 aromatic rings. The zero-order valence-electron chi connectivity index (χ0n) is 32.3. The average molecular weight is 711 g/mol. The van der Waals surface area contributed by atoms with Crippen LogP contribution in [0.15, 0.2) is 140 Å². The maximum absolute atomic E-state index is 6.74. The summed E-state index contributed by atoms with van der Waals surface area (Å²) in [6, 6.07) is 48.5. The smallest absolute Gasteiger partial charge is 0.126 e. The second kappa shape index (κ2) is 16.0. The summed E-state index contributed by atoms with van der Waals surface area (Å²) < 4.78 is 6.74. The summed E-state index contributed by atoms with van der Waals surface area (Å²) >= 11 is 0. The third kappa shape index (κ3) is 7.48. The van der Waals surface area contributed by atoms with Gasteiger partial charge in [0, 0.05) is 11.1 Å². The zero-order chi connectivity index (χ0) is 37.0. The van der Waals surface area contributed by atoms with Crippen molar-refractivity contribution in [3.63, 3.8) is 0 Å². The van der Waals surface area contributed by atoms with Crippen LogP contribution < -0.4 is 9.92 Å². The van der Waals surface area contributed by atoms with Gasteiger partial charge in [0.05, 0.1) is 8.07 Å². The molecule has 0 saturated carbocycles. The summed E-state index contributed by atoms with van der Waals surface area (Å²) in [5, 5.41) is 1.36. The van der Waals surface area contributed by atoms with Gasteiger partial charge < -0.3 is 4.74 Å². The number of rotatable bonds is 14. The molecule has 1 aliphatic carbocycles. The van der Waals surface area contributed by atoms with Gasteiger partial charge in [-0.25, -0.2) is 0 Å². The van der Waals surface area contributed by atoms with Crippen molar-refractivity contribution in [2.45, 2.75) is 77.9 Å². The summed E-state index contributed by atoms with van der Waals surface area (Å²) in [4.78, 5) is 0. The fraction of sp³-hybridized carbons (Fsp3) is 0.255. The minimum atomic E-state index is -2.40. The molecule has 1 nitrogen and oxygen atoms in total. The molecule has 0 saturated heterocycles. The number of unbranched alkanes of at least 4 members (excludes halogenated alkanes) is 2. The van der Waals surface area contributed by atoms with E-state index in [1.54, 1.807) is 0 Å². The van der Waals surface area contributed by atoms with Gasteiger partial charge in [0.25, 0.3) is 0 Å². The van der Waals surface area contributed by atoms with Crippen molar-refractivity contribution in [1.29, 1.82) is 0 Å². The number of hydrogen-bond donors (Lipinski definition) is 0. The van der Waals surface area contributed by atoms with E-state index in [1.807, 2.05) is 6.08 Å². The molecular formula is C51H54OSi. The quantitative estimate of drug-likeness (QED) is 0.0808. The second-order valence-electron chi connectivity index (χ2n) is 15.5. The van der Waals surface area contributed by atoms with E-state index in [9.17, 15) is 0 Å². The molecule has 1 aliphatic rings. The van der Waals surface area contributed by atoms with Crippen LogP contribution in [0, 0.1) is 6.92 Å². The first kappa shape index (κ1) is 36.4. The molecule has 53 heavy (non-hydrogen) atoms. The van der Waals surface area contributed by atoms with Gasteiger partial charge in [-0.15, -0.1) is 0 Å². The van der Waals surface area contributed by atoms with Crippen LogP contribution >= 0.6 is 0 Å². The van der Waals surface area contributed by atoms with Crippen molar-refractivity contribution in [3.8, 4) is 50.3 Å². The summed E-state index contributed by atoms with van der Waals surface area (Å²) in [6.07, 6.45) is 8.95. The summed E-state index contributed by atoms with van der Waals surface area (Å²) in [7, 11) is -2.40. The highest BCUT2D eigenvalue weighted by atomic mass is 28.3. The lowest BCUT2D eigenvalue weighted by molar-refractivity contribution is 0.367. The van der Waals surface area contributed by atoms with Crippen LogP contribution in [0.4, 0.5) is 0 Å². The Hall–Kier alpha value is -4.92. The van der Waals surface area contributed by atoms with Crippen LogP contribution in [0.1, 0.15) is 72.9 Å². The fourth-order valence-electron chi connectivity index (χ4n) is 8.51. The normalized spacial score (nSPS) is 12.4. The fourth-order valence-corrected chi connectivity index (χ4v) is 12.2. The van der Waals surface area contributed by atoms with Crippen LogP contribution in [0.2, 0.25) is 13.1 Å². The van der Waals surface area contributed by atoms with Gasteiger partial charge in [-0.1, -0.05) is 179 Å². The Morgan fingerprint density at radius 3 is 1.64 bits per heavy atom. The molecule has 0 radical (unpaired) electrons. The number of aryl methyl sites for hydroxylation is 3. The van der Waals surface area contributed by atoms with Crippen molar-refractivity contribution in [2.75, 3.05) is 6.61 Å². The Morgan fingerprint density at radius 1 is 0.585 bits per heavy atom. The highest BCUT2D eigenvalue weighted by Crippen LogP contribution is 2.52. The molecule has 0 unspecified atom stereocenters. The zero-order valence-corrected chi connectivity index (χ0v) is 33.3. The van der Waals surface area contributed by atoms with Gasteiger partial charge in [0.15, 0.2) is 0 Å². The van der Waals surface area contributed by atoms with Gasteiger partial charge in [-0.3, -0.25) is 0 Å². The van der Waals surface area contributed by atoms with Crippen LogP contribution in [-0.2, 0) is 12.8 Å². The first-order chi connectivity index (χ1) is 25.8. The molecule has 0 atom stereocenters. The summed E-state index contributed by atoms with van der Waals surface area (Å²) in [5.41, 5.74) is 17.5. The van der Waals surface area contributed by atoms with E-state index in [0.717, 1.165) is 24.2 Å². The monoisotopic (exact) mass is 710 g/mol. The van der Waals surface area contributed by atoms with Crippen LogP contribution in [0.25, 0.3) is 44.5 Å². The third-order valence-corrected chi connectivity index (χ3v) is 15.1. The van der Waals surface area contributed by atoms with E-state index >= 15 is 0 Å². The van der Waals surface area contributed by atoms with Crippen LogP contribution in [-0.4, -0.2) is 14.7 Å². The maximum atomic E-state index is 6.74. The molecule has 0 amide bonds. The lowest BCUT2D eigenvalue weighted by Crippen LogP contribution is -2.48. The number of ether oxygens (including phenoxy) is 1. The highest BCUT2D eigenvalue weighted by Gasteiger charge is 2.44. The Morgan fingerprint density at radius 2 is 1.11 bits per heavy atom. The summed E-state index contributed by atoms with van der Waals surface area (Å²) in [6.45, 7) is 16.4.